The molecule has 1 aromatic carbocycles. The van der Waals surface area contributed by atoms with Crippen molar-refractivity contribution in [2.24, 2.45) is 4.99 Å². The number of nitriles is 2. The highest BCUT2D eigenvalue weighted by Crippen LogP contribution is 2.43. The molecule has 0 radical (unpaired) electrons. The van der Waals surface area contributed by atoms with E-state index in [4.69, 9.17) is 21.5 Å². The fraction of sp³-hybridized carbons (Fsp3) is 0.300. The molecule has 9 heteroatoms. The Kier molecular flexibility index (Phi) is 5.42. The lowest BCUT2D eigenvalue weighted by Gasteiger charge is -2.28. The summed E-state index contributed by atoms with van der Waals surface area (Å²) in [7, 11) is 0. The van der Waals surface area contributed by atoms with Crippen LogP contribution < -0.4 is 26.8 Å². The highest BCUT2D eigenvalue weighted by Gasteiger charge is 2.31. The number of nitrogens with one attached hydrogen (secondary N) is 2. The standard InChI is InChI=1S/C20H22N8O/c1-4-5-29-12-6-10(2)14(11(3)7-12)17-15-16(23)13(8-21)18(24)27-19(15)28-20(26-17)25-9-22/h6-7,17H,4-5H2,1-3H3,(H6,23,24,25,26,27,28). The summed E-state index contributed by atoms with van der Waals surface area (Å²) in [5.41, 5.74) is 15.9. The number of nitrogens with two attached hydrogens (primary N) is 2. The second-order valence-corrected chi connectivity index (χ2v) is 6.72. The van der Waals surface area contributed by atoms with E-state index in [1.807, 2.05) is 45.2 Å². The summed E-state index contributed by atoms with van der Waals surface area (Å²) in [5, 5.41) is 23.9. The van der Waals surface area contributed by atoms with Gasteiger partial charge in [0.1, 0.15) is 35.1 Å². The van der Waals surface area contributed by atoms with Crippen LogP contribution in [-0.4, -0.2) is 17.6 Å². The van der Waals surface area contributed by atoms with Gasteiger partial charge in [0.25, 0.3) is 0 Å². The molecule has 2 aromatic rings. The van der Waals surface area contributed by atoms with Crippen molar-refractivity contribution in [2.45, 2.75) is 33.2 Å². The summed E-state index contributed by atoms with van der Waals surface area (Å²) in [5.74, 6) is 1.39. The van der Waals surface area contributed by atoms with Crippen LogP contribution in [0.2, 0.25) is 0 Å². The summed E-state index contributed by atoms with van der Waals surface area (Å²) in [4.78, 5) is 8.90. The highest BCUT2D eigenvalue weighted by molar-refractivity contribution is 5.98. The van der Waals surface area contributed by atoms with E-state index in [0.717, 1.165) is 28.9 Å². The van der Waals surface area contributed by atoms with Crippen LogP contribution in [0.5, 0.6) is 5.75 Å². The average molecular weight is 390 g/mol. The molecule has 9 nitrogen and oxygen atoms in total. The first-order valence-corrected chi connectivity index (χ1v) is 9.14. The zero-order chi connectivity index (χ0) is 21.1. The Bertz CT molecular complexity index is 1050. The first-order valence-electron chi connectivity index (χ1n) is 9.14. The quantitative estimate of drug-likeness (QED) is 0.458. The average Bonchev–Trinajstić information content (AvgIpc) is 2.66. The van der Waals surface area contributed by atoms with Crippen molar-refractivity contribution in [3.05, 3.63) is 39.9 Å². The molecule has 1 aliphatic rings. The molecule has 2 heterocycles. The zero-order valence-electron chi connectivity index (χ0n) is 16.5. The van der Waals surface area contributed by atoms with E-state index in [-0.39, 0.29) is 23.0 Å². The van der Waals surface area contributed by atoms with Gasteiger partial charge in [0.2, 0.25) is 5.96 Å². The van der Waals surface area contributed by atoms with E-state index in [1.54, 1.807) is 0 Å². The number of ether oxygens (including phenoxy) is 1. The van der Waals surface area contributed by atoms with Gasteiger partial charge in [-0.1, -0.05) is 6.92 Å². The summed E-state index contributed by atoms with van der Waals surface area (Å²) < 4.78 is 5.76. The van der Waals surface area contributed by atoms with Crippen LogP contribution in [0.15, 0.2) is 17.1 Å². The number of benzene rings is 1. The number of aliphatic imine (C=N–C) groups is 1. The van der Waals surface area contributed by atoms with E-state index in [1.165, 1.54) is 0 Å². The van der Waals surface area contributed by atoms with Crippen LogP contribution in [-0.2, 0) is 0 Å². The van der Waals surface area contributed by atoms with Crippen molar-refractivity contribution < 1.29 is 4.74 Å². The fourth-order valence-corrected chi connectivity index (χ4v) is 3.46. The molecule has 1 aromatic heterocycles. The molecule has 29 heavy (non-hydrogen) atoms. The van der Waals surface area contributed by atoms with Crippen molar-refractivity contribution in [1.82, 2.24) is 10.3 Å². The maximum Gasteiger partial charge on any atom is 0.211 e. The monoisotopic (exact) mass is 390 g/mol. The fourth-order valence-electron chi connectivity index (χ4n) is 3.46. The Labute approximate surface area is 169 Å². The highest BCUT2D eigenvalue weighted by atomic mass is 16.5. The largest absolute Gasteiger partial charge is 0.494 e. The third kappa shape index (κ3) is 3.58. The number of fused-ring (bicyclic) bond motifs is 1. The summed E-state index contributed by atoms with van der Waals surface area (Å²) in [6.45, 7) is 6.60. The summed E-state index contributed by atoms with van der Waals surface area (Å²) in [6.07, 6.45) is 2.76. The number of guanidine groups is 1. The molecule has 1 aliphatic heterocycles. The van der Waals surface area contributed by atoms with Gasteiger partial charge in [-0.15, -0.1) is 0 Å². The molecule has 0 saturated heterocycles. The second-order valence-electron chi connectivity index (χ2n) is 6.72. The van der Waals surface area contributed by atoms with Crippen LogP contribution in [0, 0.1) is 36.6 Å². The topological polar surface area (TPSA) is 158 Å². The van der Waals surface area contributed by atoms with Crippen molar-refractivity contribution in [3.8, 4) is 18.0 Å². The number of aryl methyl sites for hydroxylation is 2. The van der Waals surface area contributed by atoms with Crippen molar-refractivity contribution in [3.63, 3.8) is 0 Å². The molecule has 0 fully saturated rings. The van der Waals surface area contributed by atoms with Gasteiger partial charge in [-0.25, -0.2) is 9.98 Å². The van der Waals surface area contributed by atoms with E-state index >= 15 is 0 Å². The van der Waals surface area contributed by atoms with Gasteiger partial charge in [0, 0.05) is 5.56 Å². The minimum Gasteiger partial charge on any atom is -0.494 e. The minimum atomic E-state index is -0.567. The predicted octanol–water partition coefficient (Wildman–Crippen LogP) is 2.46. The number of nitrogen functional groups attached to an aromatic ring is 2. The Morgan fingerprint density at radius 3 is 2.48 bits per heavy atom. The van der Waals surface area contributed by atoms with Gasteiger partial charge in [0.15, 0.2) is 6.19 Å². The van der Waals surface area contributed by atoms with Gasteiger partial charge < -0.3 is 21.5 Å². The Hall–Kier alpha value is -3.98. The first kappa shape index (κ1) is 19.8. The number of aromatic nitrogens is 1. The van der Waals surface area contributed by atoms with Crippen LogP contribution in [0.3, 0.4) is 0 Å². The third-order valence-electron chi connectivity index (χ3n) is 4.67. The van der Waals surface area contributed by atoms with Crippen molar-refractivity contribution >= 4 is 23.3 Å². The molecule has 0 amide bonds. The van der Waals surface area contributed by atoms with Crippen LogP contribution in [0.25, 0.3) is 0 Å². The Morgan fingerprint density at radius 1 is 1.21 bits per heavy atom. The maximum atomic E-state index is 9.44. The smallest absolute Gasteiger partial charge is 0.211 e. The van der Waals surface area contributed by atoms with Gasteiger partial charge in [-0.2, -0.15) is 10.5 Å². The van der Waals surface area contributed by atoms with E-state index in [9.17, 15) is 5.26 Å². The van der Waals surface area contributed by atoms with Gasteiger partial charge in [0.05, 0.1) is 12.3 Å². The molecule has 0 spiro atoms. The summed E-state index contributed by atoms with van der Waals surface area (Å²) >= 11 is 0. The van der Waals surface area contributed by atoms with E-state index in [2.05, 4.69) is 20.6 Å². The third-order valence-corrected chi connectivity index (χ3v) is 4.67. The van der Waals surface area contributed by atoms with E-state index < -0.39 is 6.04 Å². The number of pyridine rings is 1. The molecular weight excluding hydrogens is 368 g/mol. The van der Waals surface area contributed by atoms with Gasteiger partial charge in [-0.3, -0.25) is 5.32 Å². The lowest BCUT2D eigenvalue weighted by atomic mass is 9.89. The number of hydrogen-bond donors (Lipinski definition) is 4. The second kappa shape index (κ2) is 7.95. The van der Waals surface area contributed by atoms with Gasteiger partial charge >= 0.3 is 0 Å². The molecule has 0 aliphatic carbocycles. The van der Waals surface area contributed by atoms with Crippen LogP contribution in [0.4, 0.5) is 17.3 Å². The lowest BCUT2D eigenvalue weighted by Crippen LogP contribution is -2.33. The SMILES string of the molecule is CCCOc1cc(C)c(C2N=C(NC#N)Nc3nc(N)c(C#N)c(N)c32)c(C)c1. The zero-order valence-corrected chi connectivity index (χ0v) is 16.5. The first-order chi connectivity index (χ1) is 13.9. The molecular formula is C20H22N8O. The molecule has 1 unspecified atom stereocenters. The lowest BCUT2D eigenvalue weighted by molar-refractivity contribution is 0.317. The number of hydrogen-bond acceptors (Lipinski definition) is 9. The Morgan fingerprint density at radius 2 is 1.90 bits per heavy atom. The molecule has 148 valence electrons. The molecule has 0 bridgehead atoms. The predicted molar refractivity (Wildman–Crippen MR) is 111 cm³/mol. The van der Waals surface area contributed by atoms with Crippen LogP contribution >= 0.6 is 0 Å². The Balaban J connectivity index is 2.22. The normalized spacial score (nSPS) is 14.7. The number of anilines is 3. The van der Waals surface area contributed by atoms with Crippen molar-refractivity contribution in [1.29, 1.82) is 10.5 Å². The van der Waals surface area contributed by atoms with E-state index in [0.29, 0.717) is 18.0 Å². The number of rotatable bonds is 4. The molecule has 0 saturated carbocycles. The van der Waals surface area contributed by atoms with Crippen molar-refractivity contribution in [2.75, 3.05) is 23.4 Å². The maximum absolute atomic E-state index is 9.44. The van der Waals surface area contributed by atoms with Crippen LogP contribution in [0.1, 0.15) is 47.2 Å². The molecule has 3 rings (SSSR count). The van der Waals surface area contributed by atoms with Gasteiger partial charge in [-0.05, 0) is 49.1 Å². The molecule has 1 atom stereocenters. The minimum absolute atomic E-state index is 0.0185. The molecule has 6 N–H and O–H groups in total. The number of nitrogens with zero attached hydrogens (tertiary/aromatic N) is 4. The summed E-state index contributed by atoms with van der Waals surface area (Å²) in [6, 6.07) is 5.33.